The first-order valence-electron chi connectivity index (χ1n) is 7.45. The number of guanidine groups is 1. The molecule has 1 heterocycles. The summed E-state index contributed by atoms with van der Waals surface area (Å²) in [4.78, 5) is 4.18. The second kappa shape index (κ2) is 8.06. The fraction of sp³-hybridized carbons (Fsp3) is 0.353. The van der Waals surface area contributed by atoms with E-state index in [2.05, 4.69) is 39.4 Å². The Balaban J connectivity index is 1.92. The van der Waals surface area contributed by atoms with Crippen molar-refractivity contribution in [3.63, 3.8) is 0 Å². The Kier molecular flexibility index (Phi) is 6.10. The second-order valence-corrected chi connectivity index (χ2v) is 6.23. The molecule has 1 aromatic carbocycles. The molecule has 1 aromatic heterocycles. The zero-order valence-electron chi connectivity index (χ0n) is 13.4. The number of nitrogens with one attached hydrogen (secondary N) is 2. The third-order valence-electron chi connectivity index (χ3n) is 3.71. The summed E-state index contributed by atoms with van der Waals surface area (Å²) in [5, 5.41) is 10.6. The van der Waals surface area contributed by atoms with Crippen LogP contribution in [0, 0.1) is 11.6 Å². The highest BCUT2D eigenvalue weighted by molar-refractivity contribution is 7.07. The number of hydrogen-bond acceptors (Lipinski definition) is 2. The number of benzene rings is 1. The van der Waals surface area contributed by atoms with Crippen LogP contribution in [0.4, 0.5) is 8.78 Å². The molecule has 6 heteroatoms. The van der Waals surface area contributed by atoms with Gasteiger partial charge in [0.15, 0.2) is 17.6 Å². The summed E-state index contributed by atoms with van der Waals surface area (Å²) >= 11 is 1.68. The molecule has 3 nitrogen and oxygen atoms in total. The maximum atomic E-state index is 13.3. The first-order chi connectivity index (χ1) is 11.0. The highest BCUT2D eigenvalue weighted by atomic mass is 32.1. The Bertz CT molecular complexity index is 656. The average Bonchev–Trinajstić information content (AvgIpc) is 3.08. The van der Waals surface area contributed by atoms with E-state index >= 15 is 0 Å². The minimum absolute atomic E-state index is 0.187. The highest BCUT2D eigenvalue weighted by Gasteiger charge is 2.12. The SMILES string of the molecule is CN=C(NCC(C)c1ccsc1)NC(C)c1ccc(F)c(F)c1. The van der Waals surface area contributed by atoms with Crippen molar-refractivity contribution in [1.29, 1.82) is 0 Å². The fourth-order valence-electron chi connectivity index (χ4n) is 2.19. The molecule has 0 saturated carbocycles. The Morgan fingerprint density at radius 3 is 2.57 bits per heavy atom. The minimum Gasteiger partial charge on any atom is -0.356 e. The summed E-state index contributed by atoms with van der Waals surface area (Å²) in [5.74, 6) is -0.694. The van der Waals surface area contributed by atoms with Gasteiger partial charge in [-0.2, -0.15) is 11.3 Å². The Morgan fingerprint density at radius 2 is 1.96 bits per heavy atom. The molecule has 2 aromatic rings. The van der Waals surface area contributed by atoms with Gasteiger partial charge in [0, 0.05) is 13.6 Å². The van der Waals surface area contributed by atoms with Crippen molar-refractivity contribution in [3.8, 4) is 0 Å². The monoisotopic (exact) mass is 337 g/mol. The molecule has 0 saturated heterocycles. The number of nitrogens with zero attached hydrogens (tertiary/aromatic N) is 1. The lowest BCUT2D eigenvalue weighted by Gasteiger charge is -2.20. The van der Waals surface area contributed by atoms with Crippen molar-refractivity contribution in [3.05, 3.63) is 57.8 Å². The summed E-state index contributed by atoms with van der Waals surface area (Å²) in [6.07, 6.45) is 0. The number of hydrogen-bond donors (Lipinski definition) is 2. The van der Waals surface area contributed by atoms with Crippen LogP contribution in [0.15, 0.2) is 40.0 Å². The van der Waals surface area contributed by atoms with Gasteiger partial charge in [-0.3, -0.25) is 4.99 Å². The summed E-state index contributed by atoms with van der Waals surface area (Å²) in [5.41, 5.74) is 1.95. The molecule has 0 bridgehead atoms. The average molecular weight is 337 g/mol. The number of aliphatic imine (C=N–C) groups is 1. The van der Waals surface area contributed by atoms with Crippen LogP contribution in [0.2, 0.25) is 0 Å². The van der Waals surface area contributed by atoms with Crippen LogP contribution >= 0.6 is 11.3 Å². The lowest BCUT2D eigenvalue weighted by atomic mass is 10.1. The van der Waals surface area contributed by atoms with Crippen LogP contribution in [0.25, 0.3) is 0 Å². The molecule has 0 spiro atoms. The third-order valence-corrected chi connectivity index (χ3v) is 4.41. The van der Waals surface area contributed by atoms with Gasteiger partial charge >= 0.3 is 0 Å². The van der Waals surface area contributed by atoms with Gasteiger partial charge in [-0.25, -0.2) is 8.78 Å². The zero-order valence-corrected chi connectivity index (χ0v) is 14.3. The molecule has 23 heavy (non-hydrogen) atoms. The van der Waals surface area contributed by atoms with E-state index in [0.717, 1.165) is 12.6 Å². The molecular weight excluding hydrogens is 316 g/mol. The van der Waals surface area contributed by atoms with Crippen molar-refractivity contribution < 1.29 is 8.78 Å². The Labute approximate surface area is 139 Å². The van der Waals surface area contributed by atoms with Crippen LogP contribution in [0.1, 0.15) is 36.9 Å². The van der Waals surface area contributed by atoms with Crippen molar-refractivity contribution in [1.82, 2.24) is 10.6 Å². The van der Waals surface area contributed by atoms with Gasteiger partial charge < -0.3 is 10.6 Å². The molecule has 0 aliphatic rings. The van der Waals surface area contributed by atoms with Crippen LogP contribution in [0.3, 0.4) is 0 Å². The van der Waals surface area contributed by atoms with Crippen molar-refractivity contribution in [2.45, 2.75) is 25.8 Å². The molecule has 2 unspecified atom stereocenters. The smallest absolute Gasteiger partial charge is 0.191 e. The van der Waals surface area contributed by atoms with Gasteiger partial charge in [-0.15, -0.1) is 0 Å². The summed E-state index contributed by atoms with van der Waals surface area (Å²) in [7, 11) is 1.68. The molecule has 124 valence electrons. The van der Waals surface area contributed by atoms with E-state index in [9.17, 15) is 8.78 Å². The molecule has 0 fully saturated rings. The van der Waals surface area contributed by atoms with Crippen LogP contribution < -0.4 is 10.6 Å². The highest BCUT2D eigenvalue weighted by Crippen LogP contribution is 2.18. The molecule has 0 amide bonds. The van der Waals surface area contributed by atoms with Gasteiger partial charge in [-0.1, -0.05) is 13.0 Å². The van der Waals surface area contributed by atoms with Gasteiger partial charge in [-0.05, 0) is 52.9 Å². The van der Waals surface area contributed by atoms with Crippen LogP contribution in [0.5, 0.6) is 0 Å². The molecule has 2 rings (SSSR count). The topological polar surface area (TPSA) is 36.4 Å². The second-order valence-electron chi connectivity index (χ2n) is 5.45. The molecule has 2 atom stereocenters. The predicted molar refractivity (Wildman–Crippen MR) is 92.0 cm³/mol. The predicted octanol–water partition coefficient (Wildman–Crippen LogP) is 4.06. The van der Waals surface area contributed by atoms with Gasteiger partial charge in [0.1, 0.15) is 0 Å². The quantitative estimate of drug-likeness (QED) is 0.638. The van der Waals surface area contributed by atoms with Crippen molar-refractivity contribution in [2.24, 2.45) is 4.99 Å². The van der Waals surface area contributed by atoms with Gasteiger partial charge in [0.2, 0.25) is 0 Å². The summed E-state index contributed by atoms with van der Waals surface area (Å²) in [6.45, 7) is 4.75. The molecular formula is C17H21F2N3S. The lowest BCUT2D eigenvalue weighted by molar-refractivity contribution is 0.504. The fourth-order valence-corrected chi connectivity index (χ4v) is 2.97. The molecule has 2 N–H and O–H groups in total. The summed E-state index contributed by atoms with van der Waals surface area (Å²) in [6, 6.07) is 5.83. The maximum Gasteiger partial charge on any atom is 0.191 e. The third kappa shape index (κ3) is 4.76. The first-order valence-corrected chi connectivity index (χ1v) is 8.39. The largest absolute Gasteiger partial charge is 0.356 e. The van der Waals surface area contributed by atoms with E-state index in [0.29, 0.717) is 17.4 Å². The van der Waals surface area contributed by atoms with E-state index in [1.807, 2.05) is 6.92 Å². The van der Waals surface area contributed by atoms with E-state index in [-0.39, 0.29) is 6.04 Å². The number of rotatable bonds is 5. The van der Waals surface area contributed by atoms with E-state index < -0.39 is 11.6 Å². The number of halogens is 2. The van der Waals surface area contributed by atoms with Crippen molar-refractivity contribution in [2.75, 3.05) is 13.6 Å². The van der Waals surface area contributed by atoms with E-state index in [1.165, 1.54) is 11.6 Å². The number of thiophene rings is 1. The maximum absolute atomic E-state index is 13.3. The first kappa shape index (κ1) is 17.4. The zero-order chi connectivity index (χ0) is 16.8. The Hall–Kier alpha value is -1.95. The van der Waals surface area contributed by atoms with Gasteiger partial charge in [0.05, 0.1) is 6.04 Å². The standard InChI is InChI=1S/C17H21F2N3S/c1-11(14-6-7-23-10-14)9-21-17(20-3)22-12(2)13-4-5-15(18)16(19)8-13/h4-8,10-12H,9H2,1-3H3,(H2,20,21,22). The lowest BCUT2D eigenvalue weighted by Crippen LogP contribution is -2.40. The minimum atomic E-state index is -0.842. The molecule has 0 radical (unpaired) electrons. The normalized spacial score (nSPS) is 14.4. The summed E-state index contributed by atoms with van der Waals surface area (Å²) < 4.78 is 26.3. The van der Waals surface area contributed by atoms with Crippen LogP contribution in [-0.2, 0) is 0 Å². The molecule has 0 aliphatic carbocycles. The van der Waals surface area contributed by atoms with Gasteiger partial charge in [0.25, 0.3) is 0 Å². The van der Waals surface area contributed by atoms with Crippen molar-refractivity contribution >= 4 is 17.3 Å². The van der Waals surface area contributed by atoms with Crippen LogP contribution in [-0.4, -0.2) is 19.6 Å². The van der Waals surface area contributed by atoms with E-state index in [1.54, 1.807) is 24.5 Å². The molecule has 0 aliphatic heterocycles. The van der Waals surface area contributed by atoms with E-state index in [4.69, 9.17) is 0 Å². The Morgan fingerprint density at radius 1 is 1.17 bits per heavy atom.